The van der Waals surface area contributed by atoms with Crippen molar-refractivity contribution in [3.05, 3.63) is 11.1 Å². The van der Waals surface area contributed by atoms with Gasteiger partial charge in [-0.25, -0.2) is 4.98 Å². The maximum Gasteiger partial charge on any atom is 0.305 e. The number of aryl methyl sites for hydroxylation is 1. The maximum absolute atomic E-state index is 11.0. The molecular weight excluding hydrogens is 236 g/mol. The summed E-state index contributed by atoms with van der Waals surface area (Å²) in [5.74, 6) is 0.375. The Morgan fingerprint density at radius 3 is 2.82 bits per heavy atom. The molecule has 0 bridgehead atoms. The first-order valence-corrected chi connectivity index (χ1v) is 6.68. The highest BCUT2D eigenvalue weighted by molar-refractivity contribution is 7.13. The minimum Gasteiger partial charge on any atom is -0.469 e. The Labute approximate surface area is 106 Å². The van der Waals surface area contributed by atoms with Crippen molar-refractivity contribution in [2.75, 3.05) is 12.4 Å². The van der Waals surface area contributed by atoms with Crippen molar-refractivity contribution in [2.45, 2.75) is 39.7 Å². The lowest BCUT2D eigenvalue weighted by Crippen LogP contribution is -2.21. The van der Waals surface area contributed by atoms with Crippen LogP contribution in [0.2, 0.25) is 0 Å². The van der Waals surface area contributed by atoms with Gasteiger partial charge in [-0.3, -0.25) is 4.79 Å². The standard InChI is InChI=1S/C12H20N2O2S/c1-8(2)9(3)13-12-14-10(7-17-12)5-6-11(15)16-4/h7-9H,5-6H2,1-4H3,(H,13,14). The Morgan fingerprint density at radius 1 is 1.53 bits per heavy atom. The van der Waals surface area contributed by atoms with Gasteiger partial charge >= 0.3 is 5.97 Å². The van der Waals surface area contributed by atoms with E-state index in [1.165, 1.54) is 7.11 Å². The van der Waals surface area contributed by atoms with Crippen molar-refractivity contribution < 1.29 is 9.53 Å². The number of nitrogens with one attached hydrogen (secondary N) is 1. The monoisotopic (exact) mass is 256 g/mol. The van der Waals surface area contributed by atoms with Crippen molar-refractivity contribution in [3.8, 4) is 0 Å². The third-order valence-electron chi connectivity index (χ3n) is 2.72. The topological polar surface area (TPSA) is 51.2 Å². The second kappa shape index (κ2) is 6.59. The molecule has 17 heavy (non-hydrogen) atoms. The molecule has 96 valence electrons. The molecule has 0 spiro atoms. The molecule has 1 N–H and O–H groups in total. The average molecular weight is 256 g/mol. The van der Waals surface area contributed by atoms with Gasteiger partial charge in [0, 0.05) is 17.8 Å². The Bertz CT molecular complexity index is 363. The van der Waals surface area contributed by atoms with Crippen LogP contribution in [-0.4, -0.2) is 24.1 Å². The lowest BCUT2D eigenvalue weighted by atomic mass is 10.1. The van der Waals surface area contributed by atoms with E-state index in [0.717, 1.165) is 10.8 Å². The fraction of sp³-hybridized carbons (Fsp3) is 0.667. The van der Waals surface area contributed by atoms with E-state index in [2.05, 4.69) is 35.8 Å². The SMILES string of the molecule is COC(=O)CCc1csc(NC(C)C(C)C)n1. The summed E-state index contributed by atoms with van der Waals surface area (Å²) in [7, 11) is 1.40. The summed E-state index contributed by atoms with van der Waals surface area (Å²) < 4.78 is 4.60. The first-order valence-electron chi connectivity index (χ1n) is 5.80. The molecule has 0 aliphatic carbocycles. The first kappa shape index (κ1) is 14.0. The van der Waals surface area contributed by atoms with Crippen LogP contribution in [0.1, 0.15) is 32.9 Å². The normalized spacial score (nSPS) is 12.5. The number of anilines is 1. The Hall–Kier alpha value is -1.10. The van der Waals surface area contributed by atoms with Crippen LogP contribution >= 0.6 is 11.3 Å². The molecule has 0 aliphatic heterocycles. The number of hydrogen-bond acceptors (Lipinski definition) is 5. The van der Waals surface area contributed by atoms with Gasteiger partial charge in [-0.05, 0) is 12.8 Å². The number of hydrogen-bond donors (Lipinski definition) is 1. The summed E-state index contributed by atoms with van der Waals surface area (Å²) in [5.41, 5.74) is 0.943. The second-order valence-electron chi connectivity index (χ2n) is 4.40. The summed E-state index contributed by atoms with van der Waals surface area (Å²) in [6.45, 7) is 6.48. The largest absolute Gasteiger partial charge is 0.469 e. The van der Waals surface area contributed by atoms with Crippen LogP contribution in [-0.2, 0) is 16.0 Å². The van der Waals surface area contributed by atoms with E-state index >= 15 is 0 Å². The van der Waals surface area contributed by atoms with Gasteiger partial charge in [0.05, 0.1) is 19.2 Å². The molecule has 0 saturated carbocycles. The molecule has 0 fully saturated rings. The van der Waals surface area contributed by atoms with Gasteiger partial charge in [-0.2, -0.15) is 0 Å². The van der Waals surface area contributed by atoms with Crippen molar-refractivity contribution >= 4 is 22.4 Å². The summed E-state index contributed by atoms with van der Waals surface area (Å²) in [4.78, 5) is 15.4. The van der Waals surface area contributed by atoms with Gasteiger partial charge in [0.1, 0.15) is 0 Å². The highest BCUT2D eigenvalue weighted by Crippen LogP contribution is 2.19. The van der Waals surface area contributed by atoms with E-state index in [1.54, 1.807) is 11.3 Å². The molecule has 0 saturated heterocycles. The zero-order chi connectivity index (χ0) is 12.8. The number of rotatable bonds is 6. The van der Waals surface area contributed by atoms with Crippen molar-refractivity contribution in [3.63, 3.8) is 0 Å². The van der Waals surface area contributed by atoms with E-state index in [-0.39, 0.29) is 5.97 Å². The molecule has 1 rings (SSSR count). The van der Waals surface area contributed by atoms with Gasteiger partial charge in [0.2, 0.25) is 0 Å². The van der Waals surface area contributed by atoms with E-state index in [1.807, 2.05) is 5.38 Å². The molecule has 5 heteroatoms. The summed E-state index contributed by atoms with van der Waals surface area (Å²) in [6, 6.07) is 0.398. The van der Waals surface area contributed by atoms with Crippen LogP contribution in [0.4, 0.5) is 5.13 Å². The van der Waals surface area contributed by atoms with E-state index < -0.39 is 0 Å². The van der Waals surface area contributed by atoms with Crippen LogP contribution in [0.15, 0.2) is 5.38 Å². The van der Waals surface area contributed by atoms with Crippen LogP contribution in [0.5, 0.6) is 0 Å². The molecule has 0 amide bonds. The van der Waals surface area contributed by atoms with Crippen molar-refractivity contribution in [2.24, 2.45) is 5.92 Å². The van der Waals surface area contributed by atoms with Gasteiger partial charge in [0.15, 0.2) is 5.13 Å². The Morgan fingerprint density at radius 2 is 2.24 bits per heavy atom. The first-order chi connectivity index (χ1) is 8.02. The van der Waals surface area contributed by atoms with Crippen LogP contribution in [0, 0.1) is 5.92 Å². The molecule has 0 radical (unpaired) electrons. The lowest BCUT2D eigenvalue weighted by Gasteiger charge is -2.16. The second-order valence-corrected chi connectivity index (χ2v) is 5.26. The van der Waals surface area contributed by atoms with Crippen LogP contribution in [0.25, 0.3) is 0 Å². The number of thiazole rings is 1. The molecule has 0 aliphatic rings. The molecular formula is C12H20N2O2S. The van der Waals surface area contributed by atoms with Gasteiger partial charge in [-0.1, -0.05) is 13.8 Å². The number of methoxy groups -OCH3 is 1. The third-order valence-corrected chi connectivity index (χ3v) is 3.54. The predicted molar refractivity (Wildman–Crippen MR) is 70.4 cm³/mol. The highest BCUT2D eigenvalue weighted by atomic mass is 32.1. The Balaban J connectivity index is 2.45. The number of ether oxygens (including phenoxy) is 1. The van der Waals surface area contributed by atoms with Crippen LogP contribution in [0.3, 0.4) is 0 Å². The zero-order valence-electron chi connectivity index (χ0n) is 10.8. The van der Waals surface area contributed by atoms with Crippen LogP contribution < -0.4 is 5.32 Å². The third kappa shape index (κ3) is 4.73. The number of aromatic nitrogens is 1. The average Bonchev–Trinajstić information content (AvgIpc) is 2.73. The van der Waals surface area contributed by atoms with Crippen molar-refractivity contribution in [1.29, 1.82) is 0 Å². The molecule has 1 aromatic rings. The molecule has 1 unspecified atom stereocenters. The predicted octanol–water partition coefficient (Wildman–Crippen LogP) is 2.71. The molecule has 1 aromatic heterocycles. The maximum atomic E-state index is 11.0. The number of nitrogens with zero attached hydrogens (tertiary/aromatic N) is 1. The van der Waals surface area contributed by atoms with E-state index in [9.17, 15) is 4.79 Å². The number of esters is 1. The molecule has 1 heterocycles. The fourth-order valence-electron chi connectivity index (χ4n) is 1.18. The fourth-order valence-corrected chi connectivity index (χ4v) is 2.02. The van der Waals surface area contributed by atoms with Gasteiger partial charge in [-0.15, -0.1) is 11.3 Å². The van der Waals surface area contributed by atoms with Crippen molar-refractivity contribution in [1.82, 2.24) is 4.98 Å². The summed E-state index contributed by atoms with van der Waals surface area (Å²) in [6.07, 6.45) is 1.03. The quantitative estimate of drug-likeness (QED) is 0.795. The highest BCUT2D eigenvalue weighted by Gasteiger charge is 2.10. The lowest BCUT2D eigenvalue weighted by molar-refractivity contribution is -0.140. The van der Waals surface area contributed by atoms with E-state index in [0.29, 0.717) is 24.8 Å². The number of carbonyl (C=O) groups is 1. The minimum absolute atomic E-state index is 0.192. The van der Waals surface area contributed by atoms with Gasteiger partial charge < -0.3 is 10.1 Å². The minimum atomic E-state index is -0.192. The molecule has 4 nitrogen and oxygen atoms in total. The zero-order valence-corrected chi connectivity index (χ0v) is 11.6. The van der Waals surface area contributed by atoms with E-state index in [4.69, 9.17) is 0 Å². The Kier molecular flexibility index (Phi) is 5.41. The summed E-state index contributed by atoms with van der Waals surface area (Å²) >= 11 is 1.58. The smallest absolute Gasteiger partial charge is 0.305 e. The number of carbonyl (C=O) groups excluding carboxylic acids is 1. The molecule has 0 aromatic carbocycles. The van der Waals surface area contributed by atoms with Gasteiger partial charge in [0.25, 0.3) is 0 Å². The molecule has 1 atom stereocenters. The summed E-state index contributed by atoms with van der Waals surface area (Å²) in [5, 5.41) is 6.26.